The van der Waals surface area contributed by atoms with Gasteiger partial charge in [0.25, 0.3) is 5.82 Å². The van der Waals surface area contributed by atoms with Crippen LogP contribution >= 0.6 is 0 Å². The first-order valence-corrected chi connectivity index (χ1v) is 9.14. The molecule has 1 aliphatic rings. The molecule has 2 heterocycles. The number of H-pyrrole nitrogens is 1. The third kappa shape index (κ3) is 5.72. The second-order valence-corrected chi connectivity index (χ2v) is 6.64. The Hall–Kier alpha value is -2.55. The summed E-state index contributed by atoms with van der Waals surface area (Å²) in [5.41, 5.74) is 0. The van der Waals surface area contributed by atoms with E-state index in [-0.39, 0.29) is 29.8 Å². The minimum absolute atomic E-state index is 0.158. The van der Waals surface area contributed by atoms with Crippen LogP contribution in [0.25, 0.3) is 0 Å². The number of hydrogen-bond acceptors (Lipinski definition) is 4. The predicted octanol–water partition coefficient (Wildman–Crippen LogP) is 1.33. The average molecular weight is 380 g/mol. The van der Waals surface area contributed by atoms with Gasteiger partial charge in [-0.15, -0.1) is 0 Å². The van der Waals surface area contributed by atoms with Gasteiger partial charge in [0, 0.05) is 19.2 Å². The Bertz CT molecular complexity index is 655. The molecule has 1 saturated heterocycles. The molecule has 8 nitrogen and oxygen atoms in total. The molecule has 0 aromatic carbocycles. The molecule has 2 atom stereocenters. The smallest absolute Gasteiger partial charge is 0.330 e. The van der Waals surface area contributed by atoms with Crippen LogP contribution in [0.5, 0.6) is 0 Å². The number of carbonyl (C=O) groups is 3. The maximum Gasteiger partial charge on any atom is 0.330 e. The van der Waals surface area contributed by atoms with Crippen molar-refractivity contribution >= 4 is 24.0 Å². The fourth-order valence-corrected chi connectivity index (χ4v) is 3.24. The first kappa shape index (κ1) is 20.8. The number of likely N-dealkylation sites (tertiary alicyclic amines) is 1. The van der Waals surface area contributed by atoms with Crippen LogP contribution in [-0.4, -0.2) is 47.3 Å². The topological polar surface area (TPSA) is 107 Å². The van der Waals surface area contributed by atoms with E-state index >= 15 is 0 Å². The van der Waals surface area contributed by atoms with Crippen LogP contribution < -0.4 is 10.3 Å². The van der Waals surface area contributed by atoms with E-state index in [1.54, 1.807) is 0 Å². The number of pyridine rings is 1. The van der Waals surface area contributed by atoms with Crippen LogP contribution in [0.3, 0.4) is 0 Å². The highest BCUT2D eigenvalue weighted by molar-refractivity contribution is 5.96. The largest absolute Gasteiger partial charge is 0.756 e. The molecule has 0 saturated carbocycles. The van der Waals surface area contributed by atoms with Crippen LogP contribution in [0.2, 0.25) is 0 Å². The van der Waals surface area contributed by atoms with Crippen LogP contribution in [0.4, 0.5) is 10.2 Å². The monoisotopic (exact) mass is 380 g/mol. The number of carbonyl (C=O) groups excluding carboxylic acids is 3. The van der Waals surface area contributed by atoms with Gasteiger partial charge in [0.15, 0.2) is 12.2 Å². The molecular formula is C18H25FN4O4. The number of rotatable bonds is 9. The fourth-order valence-electron chi connectivity index (χ4n) is 3.24. The van der Waals surface area contributed by atoms with E-state index in [4.69, 9.17) is 0 Å². The van der Waals surface area contributed by atoms with E-state index < -0.39 is 17.8 Å². The van der Waals surface area contributed by atoms with E-state index in [9.17, 15) is 24.0 Å². The molecule has 1 aromatic heterocycles. The molecule has 0 aliphatic carbocycles. The molecule has 27 heavy (non-hydrogen) atoms. The van der Waals surface area contributed by atoms with Gasteiger partial charge in [-0.3, -0.25) is 9.59 Å². The van der Waals surface area contributed by atoms with E-state index in [0.717, 1.165) is 19.0 Å². The van der Waals surface area contributed by atoms with Gasteiger partial charge >= 0.3 is 5.91 Å². The van der Waals surface area contributed by atoms with Crippen molar-refractivity contribution in [2.45, 2.75) is 45.1 Å². The Balaban J connectivity index is 2.06. The Morgan fingerprint density at radius 1 is 1.52 bits per heavy atom. The summed E-state index contributed by atoms with van der Waals surface area (Å²) in [7, 11) is 0. The molecule has 0 radical (unpaired) electrons. The number of nitrogens with one attached hydrogen (secondary N) is 2. The molecule has 1 aliphatic heterocycles. The molecule has 1 fully saturated rings. The standard InChI is InChI=1S/C18H24FN4O4/c1-2-3-5-13(11-22(27)12-24)18(26)23-9-4-6-15(23)17(25)21-16-8-7-14(19)10-20-16/h7-8,10,12-13,15H,2-6,9,11H2,1H3,(H,20,21,25)/q-1/p+1/t13-,15+/m1/s1. The van der Waals surface area contributed by atoms with Crippen molar-refractivity contribution < 1.29 is 23.8 Å². The number of nitrogens with zero attached hydrogens (tertiary/aromatic N) is 2. The molecule has 3 amide bonds. The zero-order valence-corrected chi connectivity index (χ0v) is 15.3. The van der Waals surface area contributed by atoms with Gasteiger partial charge in [0.1, 0.15) is 12.2 Å². The zero-order valence-electron chi connectivity index (χ0n) is 15.3. The molecule has 148 valence electrons. The average Bonchev–Trinajstić information content (AvgIpc) is 3.16. The van der Waals surface area contributed by atoms with Crippen molar-refractivity contribution in [3.8, 4) is 0 Å². The van der Waals surface area contributed by atoms with E-state index in [2.05, 4.69) is 10.3 Å². The molecule has 1 aromatic rings. The molecule has 0 spiro atoms. The quantitative estimate of drug-likeness (QED) is 0.515. The summed E-state index contributed by atoms with van der Waals surface area (Å²) in [5.74, 6) is -1.41. The van der Waals surface area contributed by atoms with E-state index in [0.29, 0.717) is 31.6 Å². The van der Waals surface area contributed by atoms with Crippen LogP contribution in [0, 0.1) is 16.9 Å². The predicted molar refractivity (Wildman–Crippen MR) is 95.5 cm³/mol. The second-order valence-electron chi connectivity index (χ2n) is 6.64. The lowest BCUT2D eigenvalue weighted by Gasteiger charge is -2.32. The lowest BCUT2D eigenvalue weighted by Crippen LogP contribution is -2.47. The first-order valence-electron chi connectivity index (χ1n) is 9.14. The lowest BCUT2D eigenvalue weighted by molar-refractivity contribution is -0.363. The van der Waals surface area contributed by atoms with Gasteiger partial charge in [-0.1, -0.05) is 19.8 Å². The Morgan fingerprint density at radius 2 is 2.30 bits per heavy atom. The van der Waals surface area contributed by atoms with Crippen LogP contribution in [0.1, 0.15) is 39.0 Å². The fraction of sp³-hybridized carbons (Fsp3) is 0.556. The number of anilines is 1. The summed E-state index contributed by atoms with van der Waals surface area (Å²) >= 11 is 0. The van der Waals surface area contributed by atoms with Crippen molar-refractivity contribution in [2.75, 3.05) is 18.4 Å². The van der Waals surface area contributed by atoms with Crippen molar-refractivity contribution in [3.05, 3.63) is 29.4 Å². The summed E-state index contributed by atoms with van der Waals surface area (Å²) in [5, 5.41) is 14.3. The van der Waals surface area contributed by atoms with Gasteiger partial charge < -0.3 is 15.2 Å². The Kier molecular flexibility index (Phi) is 7.66. The van der Waals surface area contributed by atoms with Crippen molar-refractivity contribution in [2.24, 2.45) is 5.92 Å². The molecule has 0 bridgehead atoms. The number of unbranched alkanes of at least 4 members (excludes halogenated alkanes) is 1. The summed E-state index contributed by atoms with van der Waals surface area (Å²) in [6, 6.07) is 1.96. The first-order chi connectivity index (χ1) is 13.0. The lowest BCUT2D eigenvalue weighted by atomic mass is 9.99. The summed E-state index contributed by atoms with van der Waals surface area (Å²) in [6.07, 6.45) is 4.55. The zero-order chi connectivity index (χ0) is 19.8. The Labute approximate surface area is 157 Å². The molecular weight excluding hydrogens is 355 g/mol. The van der Waals surface area contributed by atoms with Gasteiger partial charge in [0.2, 0.25) is 5.91 Å². The summed E-state index contributed by atoms with van der Waals surface area (Å²) < 4.78 is 13.0. The number of hydrogen-bond donors (Lipinski definition) is 1. The summed E-state index contributed by atoms with van der Waals surface area (Å²) in [6.45, 7) is 2.19. The highest BCUT2D eigenvalue weighted by Gasteiger charge is 2.39. The number of halogens is 1. The molecule has 9 heteroatoms. The molecule has 2 rings (SSSR count). The molecule has 0 unspecified atom stereocenters. The number of aromatic amines is 1. The molecule has 2 N–H and O–H groups in total. The Morgan fingerprint density at radius 3 is 2.93 bits per heavy atom. The van der Waals surface area contributed by atoms with Gasteiger partial charge in [-0.2, -0.15) is 0 Å². The van der Waals surface area contributed by atoms with Gasteiger partial charge in [-0.05, 0) is 25.3 Å². The highest BCUT2D eigenvalue weighted by atomic mass is 19.1. The normalized spacial score (nSPS) is 17.4. The minimum atomic E-state index is -0.656. The second kappa shape index (κ2) is 9.96. The minimum Gasteiger partial charge on any atom is -0.756 e. The number of amides is 3. The maximum absolute atomic E-state index is 13.0. The van der Waals surface area contributed by atoms with Crippen molar-refractivity contribution in [3.63, 3.8) is 0 Å². The van der Waals surface area contributed by atoms with Crippen LogP contribution in [0.15, 0.2) is 18.3 Å². The number of aromatic nitrogens is 1. The SMILES string of the molecule is CCCC[C@H](CN([O-])C=O)C(=O)N1CCC[C@H]1C(=O)Nc1ccc(F)c[nH+]1. The van der Waals surface area contributed by atoms with Crippen LogP contribution in [-0.2, 0) is 14.4 Å². The van der Waals surface area contributed by atoms with E-state index in [1.165, 1.54) is 17.0 Å². The van der Waals surface area contributed by atoms with E-state index in [1.807, 2.05) is 6.92 Å². The third-order valence-electron chi connectivity index (χ3n) is 4.64. The summed E-state index contributed by atoms with van der Waals surface area (Å²) in [4.78, 5) is 40.3. The van der Waals surface area contributed by atoms with Crippen molar-refractivity contribution in [1.29, 1.82) is 0 Å². The van der Waals surface area contributed by atoms with Gasteiger partial charge in [0.05, 0.1) is 5.92 Å². The highest BCUT2D eigenvalue weighted by Crippen LogP contribution is 2.23. The third-order valence-corrected chi connectivity index (χ3v) is 4.64. The maximum atomic E-state index is 13.0. The van der Waals surface area contributed by atoms with Crippen molar-refractivity contribution in [1.82, 2.24) is 9.96 Å². The van der Waals surface area contributed by atoms with Gasteiger partial charge in [-0.25, -0.2) is 19.5 Å². The number of hydroxylamine groups is 2.